The Balaban J connectivity index is 1.55. The van der Waals surface area contributed by atoms with Crippen molar-refractivity contribution in [2.75, 3.05) is 6.54 Å². The molecule has 1 aliphatic heterocycles. The van der Waals surface area contributed by atoms with E-state index in [-0.39, 0.29) is 12.0 Å². The van der Waals surface area contributed by atoms with Crippen molar-refractivity contribution in [2.24, 2.45) is 5.73 Å². The second-order valence-corrected chi connectivity index (χ2v) is 7.41. The number of nitrogens with two attached hydrogens (primary N) is 1. The molecule has 1 aliphatic rings. The molecule has 1 atom stereocenters. The molecule has 6 heteroatoms. The first-order valence-electron chi connectivity index (χ1n) is 10.2. The van der Waals surface area contributed by atoms with Crippen molar-refractivity contribution in [3.05, 3.63) is 35.7 Å². The largest absolute Gasteiger partial charge is 0.370 e. The predicted octanol–water partition coefficient (Wildman–Crippen LogP) is 4.67. The van der Waals surface area contributed by atoms with E-state index in [9.17, 15) is 0 Å². The third kappa shape index (κ3) is 5.08. The Labute approximate surface area is 161 Å². The highest BCUT2D eigenvalue weighted by atomic mass is 16.5. The van der Waals surface area contributed by atoms with Crippen LogP contribution in [0.4, 0.5) is 0 Å². The molecule has 0 amide bonds. The van der Waals surface area contributed by atoms with Gasteiger partial charge in [-0.25, -0.2) is 0 Å². The fourth-order valence-electron chi connectivity index (χ4n) is 3.73. The molecule has 1 aromatic heterocycles. The fraction of sp³-hybridized carbons (Fsp3) is 0.571. The summed E-state index contributed by atoms with van der Waals surface area (Å²) in [6.07, 6.45) is 10.9. The molecule has 1 aromatic carbocycles. The Morgan fingerprint density at radius 2 is 1.93 bits per heavy atom. The minimum Gasteiger partial charge on any atom is -0.370 e. The molecule has 0 bridgehead atoms. The van der Waals surface area contributed by atoms with Crippen LogP contribution in [0.3, 0.4) is 0 Å². The third-order valence-electron chi connectivity index (χ3n) is 5.32. The van der Waals surface area contributed by atoms with Gasteiger partial charge in [0.1, 0.15) is 0 Å². The summed E-state index contributed by atoms with van der Waals surface area (Å²) >= 11 is 0. The molecule has 3 rings (SSSR count). The van der Waals surface area contributed by atoms with E-state index in [4.69, 9.17) is 15.7 Å². The summed E-state index contributed by atoms with van der Waals surface area (Å²) < 4.78 is 5.47. The van der Waals surface area contributed by atoms with Gasteiger partial charge < -0.3 is 15.2 Å². The minimum absolute atomic E-state index is 0.0491. The molecule has 27 heavy (non-hydrogen) atoms. The van der Waals surface area contributed by atoms with Crippen LogP contribution in [-0.2, 0) is 6.42 Å². The molecule has 0 aliphatic carbocycles. The lowest BCUT2D eigenvalue weighted by molar-refractivity contribution is 0.352. The molecule has 0 spiro atoms. The average Bonchev–Trinajstić information content (AvgIpc) is 3.34. The number of guanidine groups is 1. The molecule has 2 heterocycles. The molecule has 1 fully saturated rings. The van der Waals surface area contributed by atoms with Crippen LogP contribution in [-0.4, -0.2) is 27.5 Å². The first kappa shape index (κ1) is 19.4. The quantitative estimate of drug-likeness (QED) is 0.381. The van der Waals surface area contributed by atoms with Gasteiger partial charge in [-0.15, -0.1) is 0 Å². The average molecular weight is 370 g/mol. The number of benzene rings is 1. The zero-order valence-electron chi connectivity index (χ0n) is 16.3. The highest BCUT2D eigenvalue weighted by Crippen LogP contribution is 2.31. The number of rotatable bonds is 9. The summed E-state index contributed by atoms with van der Waals surface area (Å²) in [6.45, 7) is 3.03. The summed E-state index contributed by atoms with van der Waals surface area (Å²) in [5.74, 6) is 1.23. The van der Waals surface area contributed by atoms with E-state index in [0.29, 0.717) is 11.7 Å². The van der Waals surface area contributed by atoms with Crippen molar-refractivity contribution in [3.63, 3.8) is 0 Å². The zero-order chi connectivity index (χ0) is 19.1. The van der Waals surface area contributed by atoms with Crippen molar-refractivity contribution in [2.45, 2.75) is 70.8 Å². The minimum atomic E-state index is -0.0491. The predicted molar refractivity (Wildman–Crippen MR) is 107 cm³/mol. The summed E-state index contributed by atoms with van der Waals surface area (Å²) in [5, 5.41) is 11.8. The first-order valence-corrected chi connectivity index (χ1v) is 10.2. The van der Waals surface area contributed by atoms with Crippen LogP contribution in [0.2, 0.25) is 0 Å². The van der Waals surface area contributed by atoms with Crippen molar-refractivity contribution < 1.29 is 4.52 Å². The van der Waals surface area contributed by atoms with Crippen molar-refractivity contribution in [1.82, 2.24) is 15.0 Å². The standard InChI is InChI=1S/C21H31N5O/c1-2-3-4-5-6-7-9-16-11-13-17(14-12-16)20-24-19(25-27-20)18-10-8-15-26(18)21(22)23/h11-14,18H,2-10,15H2,1H3,(H3,22,23). The summed E-state index contributed by atoms with van der Waals surface area (Å²) in [4.78, 5) is 6.39. The number of nitrogens with zero attached hydrogens (tertiary/aromatic N) is 3. The van der Waals surface area contributed by atoms with Gasteiger partial charge >= 0.3 is 0 Å². The van der Waals surface area contributed by atoms with E-state index in [1.807, 2.05) is 4.90 Å². The van der Waals surface area contributed by atoms with Gasteiger partial charge in [0.25, 0.3) is 5.89 Å². The summed E-state index contributed by atoms with van der Waals surface area (Å²) in [5.41, 5.74) is 7.95. The molecule has 6 nitrogen and oxygen atoms in total. The number of likely N-dealkylation sites (tertiary alicyclic amines) is 1. The van der Waals surface area contributed by atoms with Gasteiger partial charge in [0.2, 0.25) is 0 Å². The fourth-order valence-corrected chi connectivity index (χ4v) is 3.73. The molecule has 1 saturated heterocycles. The highest BCUT2D eigenvalue weighted by molar-refractivity contribution is 5.75. The van der Waals surface area contributed by atoms with Gasteiger partial charge in [0, 0.05) is 12.1 Å². The van der Waals surface area contributed by atoms with Gasteiger partial charge in [-0.1, -0.05) is 56.3 Å². The van der Waals surface area contributed by atoms with E-state index in [0.717, 1.165) is 31.4 Å². The molecular formula is C21H31N5O. The van der Waals surface area contributed by atoms with E-state index >= 15 is 0 Å². The van der Waals surface area contributed by atoms with Crippen LogP contribution in [0.15, 0.2) is 28.8 Å². The van der Waals surface area contributed by atoms with Gasteiger partial charge in [0.15, 0.2) is 11.8 Å². The lowest BCUT2D eigenvalue weighted by Gasteiger charge is -2.21. The van der Waals surface area contributed by atoms with Gasteiger partial charge in [-0.05, 0) is 43.4 Å². The van der Waals surface area contributed by atoms with E-state index < -0.39 is 0 Å². The van der Waals surface area contributed by atoms with Crippen LogP contribution in [0.25, 0.3) is 11.5 Å². The number of aromatic nitrogens is 2. The topological polar surface area (TPSA) is 92.0 Å². The van der Waals surface area contributed by atoms with Crippen LogP contribution in [0, 0.1) is 5.41 Å². The van der Waals surface area contributed by atoms with E-state index in [1.54, 1.807) is 0 Å². The third-order valence-corrected chi connectivity index (χ3v) is 5.32. The maximum absolute atomic E-state index is 7.69. The Hall–Kier alpha value is -2.37. The SMILES string of the molecule is CCCCCCCCc1ccc(-c2nc(C3CCCN3C(=N)N)no2)cc1. The maximum atomic E-state index is 7.69. The molecule has 0 radical (unpaired) electrons. The molecule has 3 N–H and O–H groups in total. The number of aryl methyl sites for hydroxylation is 1. The lowest BCUT2D eigenvalue weighted by Crippen LogP contribution is -2.36. The molecular weight excluding hydrogens is 338 g/mol. The van der Waals surface area contributed by atoms with Crippen LogP contribution in [0.5, 0.6) is 0 Å². The summed E-state index contributed by atoms with van der Waals surface area (Å²) in [6, 6.07) is 8.38. The number of hydrogen-bond acceptors (Lipinski definition) is 4. The second kappa shape index (κ2) is 9.53. The monoisotopic (exact) mass is 369 g/mol. The second-order valence-electron chi connectivity index (χ2n) is 7.41. The first-order chi connectivity index (χ1) is 13.2. The number of nitrogens with one attached hydrogen (secondary N) is 1. The lowest BCUT2D eigenvalue weighted by atomic mass is 10.0. The number of hydrogen-bond donors (Lipinski definition) is 2. The summed E-state index contributed by atoms with van der Waals surface area (Å²) in [7, 11) is 0. The zero-order valence-corrected chi connectivity index (χ0v) is 16.3. The van der Waals surface area contributed by atoms with Crippen LogP contribution >= 0.6 is 0 Å². The molecule has 146 valence electrons. The Bertz CT molecular complexity index is 724. The van der Waals surface area contributed by atoms with Crippen molar-refractivity contribution in [3.8, 4) is 11.5 Å². The molecule has 0 saturated carbocycles. The Morgan fingerprint density at radius 3 is 2.67 bits per heavy atom. The number of unbranched alkanes of at least 4 members (excludes halogenated alkanes) is 5. The maximum Gasteiger partial charge on any atom is 0.257 e. The van der Waals surface area contributed by atoms with Gasteiger partial charge in [-0.3, -0.25) is 5.41 Å². The van der Waals surface area contributed by atoms with Crippen LogP contribution < -0.4 is 5.73 Å². The van der Waals surface area contributed by atoms with Gasteiger partial charge in [0.05, 0.1) is 6.04 Å². The van der Waals surface area contributed by atoms with E-state index in [1.165, 1.54) is 44.1 Å². The smallest absolute Gasteiger partial charge is 0.257 e. The molecule has 2 aromatic rings. The van der Waals surface area contributed by atoms with E-state index in [2.05, 4.69) is 41.3 Å². The van der Waals surface area contributed by atoms with Crippen molar-refractivity contribution >= 4 is 5.96 Å². The Kier molecular flexibility index (Phi) is 6.85. The Morgan fingerprint density at radius 1 is 1.19 bits per heavy atom. The van der Waals surface area contributed by atoms with Gasteiger partial charge in [-0.2, -0.15) is 4.98 Å². The molecule has 1 unspecified atom stereocenters. The highest BCUT2D eigenvalue weighted by Gasteiger charge is 2.31. The van der Waals surface area contributed by atoms with Crippen molar-refractivity contribution in [1.29, 1.82) is 5.41 Å². The van der Waals surface area contributed by atoms with Crippen LogP contribution in [0.1, 0.15) is 75.7 Å². The normalized spacial score (nSPS) is 16.8.